The Bertz CT molecular complexity index is 223. The maximum absolute atomic E-state index is 8.49. The van der Waals surface area contributed by atoms with Crippen molar-refractivity contribution in [3.63, 3.8) is 0 Å². The zero-order valence-electron chi connectivity index (χ0n) is 7.21. The van der Waals surface area contributed by atoms with Crippen LogP contribution in [0.15, 0.2) is 10.6 Å². The molecule has 0 bridgehead atoms. The molecule has 0 aromatic carbocycles. The highest BCUT2D eigenvalue weighted by Gasteiger charge is 1.97. The highest BCUT2D eigenvalue weighted by Crippen LogP contribution is 2.00. The average molecular weight is 170 g/mol. The molecule has 0 aliphatic rings. The second-order valence-corrected chi connectivity index (χ2v) is 2.62. The molecule has 0 unspecified atom stereocenters. The van der Waals surface area contributed by atoms with Crippen molar-refractivity contribution in [3.05, 3.63) is 17.8 Å². The van der Waals surface area contributed by atoms with Crippen molar-refractivity contribution in [3.8, 4) is 0 Å². The highest BCUT2D eigenvalue weighted by molar-refractivity contribution is 4.90. The number of hydrogen-bond acceptors (Lipinski definition) is 4. The quantitative estimate of drug-likeness (QED) is 0.630. The Hall–Kier alpha value is -0.870. The van der Waals surface area contributed by atoms with E-state index in [1.54, 1.807) is 6.20 Å². The second-order valence-electron chi connectivity index (χ2n) is 2.62. The van der Waals surface area contributed by atoms with Gasteiger partial charge in [-0.2, -0.15) is 0 Å². The number of aryl methyl sites for hydroxylation is 1. The highest BCUT2D eigenvalue weighted by atomic mass is 16.4. The molecule has 0 saturated heterocycles. The van der Waals surface area contributed by atoms with Gasteiger partial charge in [0.1, 0.15) is 5.76 Å². The van der Waals surface area contributed by atoms with E-state index in [2.05, 4.69) is 10.3 Å². The summed E-state index contributed by atoms with van der Waals surface area (Å²) in [6.45, 7) is 3.51. The van der Waals surface area contributed by atoms with Gasteiger partial charge in [-0.05, 0) is 19.9 Å². The van der Waals surface area contributed by atoms with Gasteiger partial charge in [0.05, 0.1) is 12.7 Å². The Morgan fingerprint density at radius 1 is 1.67 bits per heavy atom. The van der Waals surface area contributed by atoms with Crippen LogP contribution >= 0.6 is 0 Å². The summed E-state index contributed by atoms with van der Waals surface area (Å²) in [5.41, 5.74) is 0. The van der Waals surface area contributed by atoms with Crippen LogP contribution < -0.4 is 5.32 Å². The molecule has 0 saturated carbocycles. The number of nitrogens with one attached hydrogen (secondary N) is 1. The molecule has 1 rings (SSSR count). The van der Waals surface area contributed by atoms with Crippen molar-refractivity contribution in [1.82, 2.24) is 10.3 Å². The minimum absolute atomic E-state index is 0.220. The van der Waals surface area contributed by atoms with Gasteiger partial charge in [0, 0.05) is 6.61 Å². The predicted octanol–water partition coefficient (Wildman–Crippen LogP) is 0.455. The third-order valence-electron chi connectivity index (χ3n) is 1.46. The molecule has 1 aromatic heterocycles. The number of rotatable bonds is 5. The molecule has 0 fully saturated rings. The number of oxazole rings is 1. The molecule has 0 spiro atoms. The monoisotopic (exact) mass is 170 g/mol. The first kappa shape index (κ1) is 9.22. The van der Waals surface area contributed by atoms with Gasteiger partial charge in [-0.25, -0.2) is 4.98 Å². The molecule has 1 aromatic rings. The van der Waals surface area contributed by atoms with Crippen LogP contribution in [0.5, 0.6) is 0 Å². The Morgan fingerprint density at radius 3 is 3.08 bits per heavy atom. The number of hydrogen-bond donors (Lipinski definition) is 2. The number of aliphatic hydroxyl groups is 1. The second kappa shape index (κ2) is 4.90. The maximum atomic E-state index is 8.49. The van der Waals surface area contributed by atoms with Crippen molar-refractivity contribution in [2.45, 2.75) is 19.9 Å². The molecule has 4 nitrogen and oxygen atoms in total. The van der Waals surface area contributed by atoms with E-state index in [4.69, 9.17) is 9.52 Å². The van der Waals surface area contributed by atoms with Crippen LogP contribution in [0.4, 0.5) is 0 Å². The van der Waals surface area contributed by atoms with Crippen LogP contribution in [-0.4, -0.2) is 23.2 Å². The Labute approximate surface area is 71.6 Å². The van der Waals surface area contributed by atoms with E-state index in [1.807, 2.05) is 6.92 Å². The molecule has 0 aliphatic carbocycles. The predicted molar refractivity (Wildman–Crippen MR) is 44.6 cm³/mol. The van der Waals surface area contributed by atoms with Crippen molar-refractivity contribution in [1.29, 1.82) is 0 Å². The fourth-order valence-electron chi connectivity index (χ4n) is 0.883. The number of aromatic nitrogens is 1. The first-order chi connectivity index (χ1) is 5.83. The van der Waals surface area contributed by atoms with Gasteiger partial charge in [-0.3, -0.25) is 0 Å². The Morgan fingerprint density at radius 2 is 2.50 bits per heavy atom. The lowest BCUT2D eigenvalue weighted by Gasteiger charge is -1.98. The smallest absolute Gasteiger partial charge is 0.208 e. The molecule has 0 radical (unpaired) electrons. The van der Waals surface area contributed by atoms with Crippen molar-refractivity contribution in [2.75, 3.05) is 13.2 Å². The first-order valence-electron chi connectivity index (χ1n) is 4.06. The van der Waals surface area contributed by atoms with Crippen molar-refractivity contribution in [2.24, 2.45) is 0 Å². The zero-order chi connectivity index (χ0) is 8.81. The van der Waals surface area contributed by atoms with Gasteiger partial charge in [0.2, 0.25) is 5.89 Å². The van der Waals surface area contributed by atoms with Crippen LogP contribution in [0.25, 0.3) is 0 Å². The SMILES string of the molecule is Cc1cnc(CNCCCO)o1. The fourth-order valence-corrected chi connectivity index (χ4v) is 0.883. The van der Waals surface area contributed by atoms with Crippen LogP contribution in [-0.2, 0) is 6.54 Å². The van der Waals surface area contributed by atoms with Crippen LogP contribution in [0.3, 0.4) is 0 Å². The molecule has 0 aliphatic heterocycles. The third-order valence-corrected chi connectivity index (χ3v) is 1.46. The lowest BCUT2D eigenvalue weighted by Crippen LogP contribution is -2.15. The molecule has 1 heterocycles. The molecule has 12 heavy (non-hydrogen) atoms. The van der Waals surface area contributed by atoms with Crippen LogP contribution in [0.2, 0.25) is 0 Å². The number of nitrogens with zero attached hydrogens (tertiary/aromatic N) is 1. The van der Waals surface area contributed by atoms with E-state index < -0.39 is 0 Å². The van der Waals surface area contributed by atoms with Gasteiger partial charge < -0.3 is 14.8 Å². The van der Waals surface area contributed by atoms with E-state index >= 15 is 0 Å². The maximum Gasteiger partial charge on any atom is 0.208 e. The summed E-state index contributed by atoms with van der Waals surface area (Å²) in [7, 11) is 0. The molecular weight excluding hydrogens is 156 g/mol. The van der Waals surface area contributed by atoms with Gasteiger partial charge in [-0.1, -0.05) is 0 Å². The summed E-state index contributed by atoms with van der Waals surface area (Å²) in [5.74, 6) is 1.53. The van der Waals surface area contributed by atoms with Gasteiger partial charge in [0.25, 0.3) is 0 Å². The Kier molecular flexibility index (Phi) is 3.76. The third kappa shape index (κ3) is 3.02. The van der Waals surface area contributed by atoms with E-state index in [9.17, 15) is 0 Å². The minimum Gasteiger partial charge on any atom is -0.445 e. The van der Waals surface area contributed by atoms with E-state index in [-0.39, 0.29) is 6.61 Å². The van der Waals surface area contributed by atoms with Gasteiger partial charge >= 0.3 is 0 Å². The van der Waals surface area contributed by atoms with Gasteiger partial charge in [-0.15, -0.1) is 0 Å². The normalized spacial score (nSPS) is 10.5. The molecule has 2 N–H and O–H groups in total. The van der Waals surface area contributed by atoms with E-state index in [0.29, 0.717) is 12.4 Å². The van der Waals surface area contributed by atoms with Crippen LogP contribution in [0, 0.1) is 6.92 Å². The summed E-state index contributed by atoms with van der Waals surface area (Å²) in [5, 5.41) is 11.6. The Balaban J connectivity index is 2.15. The lowest BCUT2D eigenvalue weighted by atomic mass is 10.4. The summed E-state index contributed by atoms with van der Waals surface area (Å²) < 4.78 is 5.23. The molecule has 68 valence electrons. The van der Waals surface area contributed by atoms with Crippen molar-refractivity contribution < 1.29 is 9.52 Å². The van der Waals surface area contributed by atoms with Crippen molar-refractivity contribution >= 4 is 0 Å². The minimum atomic E-state index is 0.220. The summed E-state index contributed by atoms with van der Waals surface area (Å²) in [4.78, 5) is 4.02. The standard InChI is InChI=1S/C8H14N2O2/c1-7-5-10-8(12-7)6-9-3-2-4-11/h5,9,11H,2-4,6H2,1H3. The van der Waals surface area contributed by atoms with E-state index in [0.717, 1.165) is 18.7 Å². The average Bonchev–Trinajstić information content (AvgIpc) is 2.45. The summed E-state index contributed by atoms with van der Waals surface area (Å²) in [6.07, 6.45) is 2.46. The lowest BCUT2D eigenvalue weighted by molar-refractivity contribution is 0.285. The zero-order valence-corrected chi connectivity index (χ0v) is 7.21. The molecule has 0 atom stereocenters. The van der Waals surface area contributed by atoms with Crippen LogP contribution in [0.1, 0.15) is 18.1 Å². The molecular formula is C8H14N2O2. The van der Waals surface area contributed by atoms with Gasteiger partial charge in [0.15, 0.2) is 0 Å². The number of aliphatic hydroxyl groups excluding tert-OH is 1. The topological polar surface area (TPSA) is 58.3 Å². The fraction of sp³-hybridized carbons (Fsp3) is 0.625. The summed E-state index contributed by atoms with van der Waals surface area (Å²) in [6, 6.07) is 0. The first-order valence-corrected chi connectivity index (χ1v) is 4.06. The largest absolute Gasteiger partial charge is 0.445 e. The molecule has 4 heteroatoms. The molecule has 0 amide bonds. The van der Waals surface area contributed by atoms with E-state index in [1.165, 1.54) is 0 Å². The summed E-state index contributed by atoms with van der Waals surface area (Å²) >= 11 is 0.